The van der Waals surface area contributed by atoms with E-state index in [4.69, 9.17) is 0 Å². The lowest BCUT2D eigenvalue weighted by Gasteiger charge is -2.15. The molecule has 2 atom stereocenters. The van der Waals surface area contributed by atoms with Gasteiger partial charge in [0.15, 0.2) is 0 Å². The molecular formula is C24H24N2O2. The molecule has 0 spiro atoms. The number of carbonyl (C=O) groups excluding carboxylic acids is 2. The van der Waals surface area contributed by atoms with Gasteiger partial charge in [0.25, 0.3) is 5.91 Å². The van der Waals surface area contributed by atoms with Gasteiger partial charge in [-0.15, -0.1) is 0 Å². The molecule has 2 aromatic carbocycles. The molecule has 1 fully saturated rings. The van der Waals surface area contributed by atoms with Crippen molar-refractivity contribution in [1.29, 1.82) is 0 Å². The van der Waals surface area contributed by atoms with Crippen molar-refractivity contribution in [2.75, 3.05) is 18.5 Å². The highest BCUT2D eigenvalue weighted by molar-refractivity contribution is 6.09. The zero-order valence-electron chi connectivity index (χ0n) is 16.2. The number of hydrogen-bond donors (Lipinski definition) is 0. The van der Waals surface area contributed by atoms with Crippen LogP contribution < -0.4 is 4.90 Å². The molecule has 0 N–H and O–H groups in total. The van der Waals surface area contributed by atoms with Crippen LogP contribution in [0.4, 0.5) is 5.69 Å². The van der Waals surface area contributed by atoms with Gasteiger partial charge in [-0.05, 0) is 30.7 Å². The fraction of sp³-hybridized carbons (Fsp3) is 0.250. The van der Waals surface area contributed by atoms with Crippen molar-refractivity contribution in [2.45, 2.75) is 13.5 Å². The smallest absolute Gasteiger partial charge is 0.258 e. The monoisotopic (exact) mass is 372 g/mol. The second-order valence-corrected chi connectivity index (χ2v) is 7.56. The molecular weight excluding hydrogens is 348 g/mol. The van der Waals surface area contributed by atoms with E-state index in [-0.39, 0.29) is 17.7 Å². The fourth-order valence-electron chi connectivity index (χ4n) is 3.94. The number of amides is 2. The zero-order chi connectivity index (χ0) is 19.7. The topological polar surface area (TPSA) is 40.6 Å². The van der Waals surface area contributed by atoms with E-state index >= 15 is 0 Å². The third-order valence-electron chi connectivity index (χ3n) is 5.56. The second kappa shape index (κ2) is 7.47. The van der Waals surface area contributed by atoms with E-state index in [2.05, 4.69) is 6.08 Å². The number of carbonyl (C=O) groups is 2. The lowest BCUT2D eigenvalue weighted by molar-refractivity contribution is -0.128. The maximum absolute atomic E-state index is 12.2. The summed E-state index contributed by atoms with van der Waals surface area (Å²) in [4.78, 5) is 27.2. The summed E-state index contributed by atoms with van der Waals surface area (Å²) in [6, 6.07) is 15.9. The Morgan fingerprint density at radius 1 is 0.929 bits per heavy atom. The van der Waals surface area contributed by atoms with Crippen LogP contribution >= 0.6 is 0 Å². The average molecular weight is 372 g/mol. The molecule has 5 rings (SSSR count). The van der Waals surface area contributed by atoms with Gasteiger partial charge in [0, 0.05) is 30.8 Å². The molecule has 2 unspecified atom stereocenters. The lowest BCUT2D eigenvalue weighted by Crippen LogP contribution is -2.22. The van der Waals surface area contributed by atoms with E-state index in [1.54, 1.807) is 4.90 Å². The van der Waals surface area contributed by atoms with Gasteiger partial charge in [-0.1, -0.05) is 60.2 Å². The van der Waals surface area contributed by atoms with Crippen molar-refractivity contribution in [2.24, 2.45) is 11.8 Å². The summed E-state index contributed by atoms with van der Waals surface area (Å²) in [5.74, 6) is 0.919. The summed E-state index contributed by atoms with van der Waals surface area (Å²) in [5, 5.41) is 0. The Balaban J connectivity index is 0.000000151. The highest BCUT2D eigenvalue weighted by Crippen LogP contribution is 2.29. The van der Waals surface area contributed by atoms with Gasteiger partial charge in [0.2, 0.25) is 5.91 Å². The van der Waals surface area contributed by atoms with E-state index in [1.807, 2.05) is 85.6 Å². The Labute approximate surface area is 165 Å². The first-order valence-corrected chi connectivity index (χ1v) is 9.61. The first-order valence-electron chi connectivity index (χ1n) is 9.61. The van der Waals surface area contributed by atoms with Crippen LogP contribution in [0, 0.1) is 18.8 Å². The van der Waals surface area contributed by atoms with Crippen molar-refractivity contribution < 1.29 is 9.59 Å². The highest BCUT2D eigenvalue weighted by atomic mass is 16.2. The largest absolute Gasteiger partial charge is 0.345 e. The van der Waals surface area contributed by atoms with Crippen LogP contribution in [0.2, 0.25) is 0 Å². The zero-order valence-corrected chi connectivity index (χ0v) is 16.2. The van der Waals surface area contributed by atoms with Gasteiger partial charge in [0.05, 0.1) is 12.5 Å². The minimum absolute atomic E-state index is 0.101. The van der Waals surface area contributed by atoms with E-state index in [0.717, 1.165) is 23.4 Å². The molecule has 2 aliphatic heterocycles. The summed E-state index contributed by atoms with van der Waals surface area (Å²) >= 11 is 0. The Morgan fingerprint density at radius 2 is 1.64 bits per heavy atom. The molecule has 4 heteroatoms. The van der Waals surface area contributed by atoms with Gasteiger partial charge in [-0.2, -0.15) is 0 Å². The van der Waals surface area contributed by atoms with Gasteiger partial charge in [-0.25, -0.2) is 0 Å². The van der Waals surface area contributed by atoms with E-state index in [0.29, 0.717) is 12.5 Å². The number of anilines is 1. The number of allylic oxidation sites excluding steroid dienone is 2. The Kier molecular flexibility index (Phi) is 4.86. The maximum atomic E-state index is 12.2. The predicted octanol–water partition coefficient (Wildman–Crippen LogP) is 3.97. The molecule has 1 saturated heterocycles. The first kappa shape index (κ1) is 18.2. The van der Waals surface area contributed by atoms with Crippen LogP contribution in [0.5, 0.6) is 0 Å². The average Bonchev–Trinajstić information content (AvgIpc) is 3.20. The number of aryl methyl sites for hydroxylation is 1. The summed E-state index contributed by atoms with van der Waals surface area (Å²) in [5.41, 5.74) is 4.11. The fourth-order valence-corrected chi connectivity index (χ4v) is 3.94. The predicted molar refractivity (Wildman–Crippen MR) is 111 cm³/mol. The molecule has 0 aromatic heterocycles. The van der Waals surface area contributed by atoms with Crippen LogP contribution in [0.15, 0.2) is 72.8 Å². The van der Waals surface area contributed by atoms with E-state index < -0.39 is 0 Å². The molecule has 0 radical (unpaired) electrons. The van der Waals surface area contributed by atoms with Crippen LogP contribution in [-0.4, -0.2) is 30.3 Å². The number of rotatable bonds is 1. The van der Waals surface area contributed by atoms with Crippen LogP contribution in [0.25, 0.3) is 0 Å². The minimum Gasteiger partial charge on any atom is -0.345 e. The minimum atomic E-state index is 0.101. The SMILES string of the molecule is CN1CC2C=CC=CC2C1=O.Cc1ccc(N2Cc3ccccc3C2=O)cc1. The Hall–Kier alpha value is -3.14. The van der Waals surface area contributed by atoms with Gasteiger partial charge in [0.1, 0.15) is 0 Å². The summed E-state index contributed by atoms with van der Waals surface area (Å²) in [6.07, 6.45) is 8.09. The maximum Gasteiger partial charge on any atom is 0.258 e. The number of fused-ring (bicyclic) bond motifs is 2. The van der Waals surface area contributed by atoms with Crippen molar-refractivity contribution in [3.8, 4) is 0 Å². The summed E-state index contributed by atoms with van der Waals surface area (Å²) < 4.78 is 0. The summed E-state index contributed by atoms with van der Waals surface area (Å²) in [6.45, 7) is 3.60. The van der Waals surface area contributed by atoms with Crippen molar-refractivity contribution >= 4 is 17.5 Å². The third kappa shape index (κ3) is 3.38. The molecule has 0 saturated carbocycles. The molecule has 28 heavy (non-hydrogen) atoms. The van der Waals surface area contributed by atoms with Crippen LogP contribution in [0.1, 0.15) is 21.5 Å². The third-order valence-corrected chi connectivity index (χ3v) is 5.56. The lowest BCUT2D eigenvalue weighted by atomic mass is 9.92. The number of nitrogens with zero attached hydrogens (tertiary/aromatic N) is 2. The van der Waals surface area contributed by atoms with Gasteiger partial charge in [-0.3, -0.25) is 9.59 Å². The van der Waals surface area contributed by atoms with E-state index in [1.165, 1.54) is 5.56 Å². The molecule has 142 valence electrons. The number of benzene rings is 2. The first-order chi connectivity index (χ1) is 13.5. The summed E-state index contributed by atoms with van der Waals surface area (Å²) in [7, 11) is 1.86. The highest BCUT2D eigenvalue weighted by Gasteiger charge is 2.35. The molecule has 2 aromatic rings. The molecule has 1 aliphatic carbocycles. The van der Waals surface area contributed by atoms with Crippen molar-refractivity contribution in [3.63, 3.8) is 0 Å². The number of likely N-dealkylation sites (tertiary alicyclic amines) is 1. The van der Waals surface area contributed by atoms with Crippen LogP contribution in [0.3, 0.4) is 0 Å². The molecule has 2 heterocycles. The molecule has 2 amide bonds. The number of hydrogen-bond acceptors (Lipinski definition) is 2. The molecule has 4 nitrogen and oxygen atoms in total. The van der Waals surface area contributed by atoms with Crippen LogP contribution in [-0.2, 0) is 11.3 Å². The quantitative estimate of drug-likeness (QED) is 0.760. The molecule has 3 aliphatic rings. The standard InChI is InChI=1S/C15H13NO.C9H11NO/c1-11-6-8-13(9-7-11)16-10-12-4-2-3-5-14(12)15(16)17;1-10-6-7-4-2-3-5-8(7)9(10)11/h2-9H,10H2,1H3;2-5,7-8H,6H2,1H3. The Morgan fingerprint density at radius 3 is 2.36 bits per heavy atom. The van der Waals surface area contributed by atoms with E-state index in [9.17, 15) is 9.59 Å². The van der Waals surface area contributed by atoms with Crippen molar-refractivity contribution in [1.82, 2.24) is 4.90 Å². The van der Waals surface area contributed by atoms with Crippen molar-refractivity contribution in [3.05, 3.63) is 89.5 Å². The van der Waals surface area contributed by atoms with Gasteiger partial charge >= 0.3 is 0 Å². The van der Waals surface area contributed by atoms with Gasteiger partial charge < -0.3 is 9.80 Å². The normalized spacial score (nSPS) is 22.1. The Bertz CT molecular complexity index is 959. The molecule has 0 bridgehead atoms. The second-order valence-electron chi connectivity index (χ2n) is 7.56.